The minimum atomic E-state index is 0. The Labute approximate surface area is 180 Å². The molecule has 1 N–H and O–H groups in total. The van der Waals surface area contributed by atoms with Crippen molar-refractivity contribution in [2.75, 3.05) is 5.32 Å². The lowest BCUT2D eigenvalue weighted by molar-refractivity contribution is 0.900. The van der Waals surface area contributed by atoms with Gasteiger partial charge in [-0.05, 0) is 54.7 Å². The highest BCUT2D eigenvalue weighted by Crippen LogP contribution is 2.41. The summed E-state index contributed by atoms with van der Waals surface area (Å²) in [6.07, 6.45) is 3.40. The van der Waals surface area contributed by atoms with E-state index < -0.39 is 0 Å². The molecular weight excluding hydrogens is 413 g/mol. The molecule has 0 amide bonds. The van der Waals surface area contributed by atoms with Crippen LogP contribution in [0.1, 0.15) is 23.2 Å². The molecule has 1 heterocycles. The maximum absolute atomic E-state index is 8.83. The summed E-state index contributed by atoms with van der Waals surface area (Å²) < 4.78 is 0. The molecule has 4 rings (SSSR count). The van der Waals surface area contributed by atoms with Crippen molar-refractivity contribution >= 4 is 47.0 Å². The zero-order valence-electron chi connectivity index (χ0n) is 15.0. The normalized spacial score (nSPS) is 12.0. The summed E-state index contributed by atoms with van der Waals surface area (Å²) in [5, 5.41) is 13.6. The van der Waals surface area contributed by atoms with Crippen LogP contribution in [0.3, 0.4) is 0 Å². The van der Waals surface area contributed by atoms with Gasteiger partial charge in [0.15, 0.2) is 0 Å². The first kappa shape index (κ1) is 20.5. The Morgan fingerprint density at radius 3 is 2.57 bits per heavy atom. The SMILES string of the molecule is Cl.N#CCc1ccc(Nc2c(Cl)c(-c3cccc(Cl)c3)nc3c2CCC3)cc1. The van der Waals surface area contributed by atoms with Gasteiger partial charge in [-0.2, -0.15) is 5.26 Å². The maximum atomic E-state index is 8.83. The molecule has 1 aliphatic carbocycles. The Bertz CT molecular complexity index is 1040. The van der Waals surface area contributed by atoms with E-state index in [2.05, 4.69) is 11.4 Å². The number of nitrogens with zero attached hydrogens (tertiary/aromatic N) is 2. The third kappa shape index (κ3) is 4.10. The number of aromatic nitrogens is 1. The molecule has 0 saturated heterocycles. The molecule has 0 aliphatic heterocycles. The van der Waals surface area contributed by atoms with Crippen molar-refractivity contribution in [3.8, 4) is 17.3 Å². The quantitative estimate of drug-likeness (QED) is 0.496. The summed E-state index contributed by atoms with van der Waals surface area (Å²) in [6, 6.07) is 17.6. The van der Waals surface area contributed by atoms with E-state index in [4.69, 9.17) is 33.4 Å². The van der Waals surface area contributed by atoms with Crippen molar-refractivity contribution in [1.82, 2.24) is 4.98 Å². The van der Waals surface area contributed by atoms with E-state index in [1.54, 1.807) is 0 Å². The van der Waals surface area contributed by atoms with Crippen molar-refractivity contribution < 1.29 is 0 Å². The lowest BCUT2D eigenvalue weighted by Gasteiger charge is -2.17. The molecule has 0 radical (unpaired) electrons. The van der Waals surface area contributed by atoms with Gasteiger partial charge < -0.3 is 5.32 Å². The van der Waals surface area contributed by atoms with Gasteiger partial charge in [0.05, 0.1) is 28.9 Å². The monoisotopic (exact) mass is 429 g/mol. The summed E-state index contributed by atoms with van der Waals surface area (Å²) in [5.41, 5.74) is 6.80. The van der Waals surface area contributed by atoms with Gasteiger partial charge in [0.25, 0.3) is 0 Å². The largest absolute Gasteiger partial charge is 0.354 e. The third-order valence-electron chi connectivity index (χ3n) is 4.77. The van der Waals surface area contributed by atoms with Gasteiger partial charge in [0, 0.05) is 22.0 Å². The minimum Gasteiger partial charge on any atom is -0.354 e. The van der Waals surface area contributed by atoms with Crippen LogP contribution in [0.15, 0.2) is 48.5 Å². The zero-order valence-corrected chi connectivity index (χ0v) is 17.3. The first-order chi connectivity index (χ1) is 13.2. The highest BCUT2D eigenvalue weighted by Gasteiger charge is 2.23. The summed E-state index contributed by atoms with van der Waals surface area (Å²) in [5.74, 6) is 0. The number of nitriles is 1. The highest BCUT2D eigenvalue weighted by molar-refractivity contribution is 6.36. The highest BCUT2D eigenvalue weighted by atomic mass is 35.5. The fourth-order valence-electron chi connectivity index (χ4n) is 3.45. The number of fused-ring (bicyclic) bond motifs is 1. The van der Waals surface area contributed by atoms with Crippen LogP contribution in [-0.2, 0) is 19.3 Å². The number of hydrogen-bond donors (Lipinski definition) is 1. The molecule has 0 bridgehead atoms. The predicted octanol–water partition coefficient (Wildman–Crippen LogP) is 6.78. The molecule has 6 heteroatoms. The molecule has 1 aliphatic rings. The van der Waals surface area contributed by atoms with Gasteiger partial charge in [-0.1, -0.05) is 47.5 Å². The van der Waals surface area contributed by atoms with Crippen molar-refractivity contribution in [2.24, 2.45) is 0 Å². The fourth-order valence-corrected chi connectivity index (χ4v) is 3.96. The van der Waals surface area contributed by atoms with Crippen LogP contribution in [0.25, 0.3) is 11.3 Å². The number of benzene rings is 2. The lowest BCUT2D eigenvalue weighted by Crippen LogP contribution is -2.02. The minimum absolute atomic E-state index is 0. The molecule has 0 fully saturated rings. The van der Waals surface area contributed by atoms with Crippen LogP contribution in [0.4, 0.5) is 11.4 Å². The average molecular weight is 431 g/mol. The first-order valence-electron chi connectivity index (χ1n) is 8.86. The fraction of sp³-hybridized carbons (Fsp3) is 0.182. The number of hydrogen-bond acceptors (Lipinski definition) is 3. The van der Waals surface area contributed by atoms with Crippen LogP contribution in [-0.4, -0.2) is 4.98 Å². The van der Waals surface area contributed by atoms with Crippen molar-refractivity contribution in [1.29, 1.82) is 5.26 Å². The number of anilines is 2. The number of nitrogens with one attached hydrogen (secondary N) is 1. The van der Waals surface area contributed by atoms with Gasteiger partial charge in [-0.25, -0.2) is 0 Å². The molecule has 0 saturated carbocycles. The van der Waals surface area contributed by atoms with Crippen LogP contribution >= 0.6 is 35.6 Å². The Morgan fingerprint density at radius 1 is 1.07 bits per heavy atom. The maximum Gasteiger partial charge on any atom is 0.0913 e. The van der Waals surface area contributed by atoms with Crippen LogP contribution < -0.4 is 5.32 Å². The van der Waals surface area contributed by atoms with Crippen molar-refractivity contribution in [2.45, 2.75) is 25.7 Å². The Morgan fingerprint density at radius 2 is 1.86 bits per heavy atom. The second-order valence-corrected chi connectivity index (χ2v) is 7.41. The summed E-state index contributed by atoms with van der Waals surface area (Å²) in [7, 11) is 0. The molecule has 0 unspecified atom stereocenters. The molecule has 3 aromatic rings. The lowest BCUT2D eigenvalue weighted by atomic mass is 10.1. The number of pyridine rings is 1. The standard InChI is InChI=1S/C22H17Cl2N3.ClH/c23-16-4-1-3-15(13-16)21-20(24)22(18-5-2-6-19(18)27-21)26-17-9-7-14(8-10-17)11-12-25;/h1,3-4,7-10,13H,2,5-6,11H2,(H,26,27);1H. The van der Waals surface area contributed by atoms with E-state index >= 15 is 0 Å². The predicted molar refractivity (Wildman–Crippen MR) is 118 cm³/mol. The first-order valence-corrected chi connectivity index (χ1v) is 9.61. The van der Waals surface area contributed by atoms with Crippen LogP contribution in [0.2, 0.25) is 10.0 Å². The third-order valence-corrected chi connectivity index (χ3v) is 5.37. The van der Waals surface area contributed by atoms with Gasteiger partial charge in [0.2, 0.25) is 0 Å². The second-order valence-electron chi connectivity index (χ2n) is 6.60. The number of aryl methyl sites for hydroxylation is 1. The van der Waals surface area contributed by atoms with E-state index in [1.165, 1.54) is 5.56 Å². The van der Waals surface area contributed by atoms with Gasteiger partial charge in [0.1, 0.15) is 0 Å². The van der Waals surface area contributed by atoms with Gasteiger partial charge >= 0.3 is 0 Å². The molecule has 0 spiro atoms. The summed E-state index contributed by atoms with van der Waals surface area (Å²) >= 11 is 13.0. The van der Waals surface area contributed by atoms with E-state index in [0.717, 1.165) is 53.2 Å². The smallest absolute Gasteiger partial charge is 0.0913 e. The molecule has 0 atom stereocenters. The average Bonchev–Trinajstić information content (AvgIpc) is 3.14. The van der Waals surface area contributed by atoms with Crippen molar-refractivity contribution in [3.63, 3.8) is 0 Å². The topological polar surface area (TPSA) is 48.7 Å². The molecule has 2 aromatic carbocycles. The van der Waals surface area contributed by atoms with E-state index in [-0.39, 0.29) is 12.4 Å². The summed E-state index contributed by atoms with van der Waals surface area (Å²) in [6.45, 7) is 0. The van der Waals surface area contributed by atoms with E-state index in [9.17, 15) is 0 Å². The molecular formula is C22H18Cl3N3. The molecule has 28 heavy (non-hydrogen) atoms. The van der Waals surface area contributed by atoms with Crippen LogP contribution in [0, 0.1) is 11.3 Å². The van der Waals surface area contributed by atoms with Crippen molar-refractivity contribution in [3.05, 3.63) is 75.4 Å². The summed E-state index contributed by atoms with van der Waals surface area (Å²) in [4.78, 5) is 4.84. The number of rotatable bonds is 4. The van der Waals surface area contributed by atoms with E-state index in [1.807, 2.05) is 48.5 Å². The number of halogens is 3. The van der Waals surface area contributed by atoms with Gasteiger partial charge in [-0.15, -0.1) is 12.4 Å². The Kier molecular flexibility index (Phi) is 6.46. The Hall–Kier alpha value is -2.25. The molecule has 1 aromatic heterocycles. The van der Waals surface area contributed by atoms with Gasteiger partial charge in [-0.3, -0.25) is 4.98 Å². The van der Waals surface area contributed by atoms with Crippen LogP contribution in [0.5, 0.6) is 0 Å². The zero-order chi connectivity index (χ0) is 18.8. The van der Waals surface area contributed by atoms with E-state index in [0.29, 0.717) is 16.5 Å². The molecule has 3 nitrogen and oxygen atoms in total. The molecule has 142 valence electrons. The second kappa shape index (κ2) is 8.84. The Balaban J connectivity index is 0.00000225.